The van der Waals surface area contributed by atoms with Gasteiger partial charge in [0.25, 0.3) is 0 Å². The quantitative estimate of drug-likeness (QED) is 0.484. The summed E-state index contributed by atoms with van der Waals surface area (Å²) >= 11 is 5.75. The Balaban J connectivity index is 2.10. The number of carbonyl (C=O) groups is 1. The Kier molecular flexibility index (Phi) is 6.75. The topological polar surface area (TPSA) is 94.4 Å². The number of pyridine rings is 1. The van der Waals surface area contributed by atoms with Crippen molar-refractivity contribution in [2.24, 2.45) is 0 Å². The monoisotopic (exact) mass is 498 g/mol. The Hall–Kier alpha value is -3.05. The lowest BCUT2D eigenvalue weighted by Gasteiger charge is -2.24. The minimum Gasteiger partial charge on any atom is -0.444 e. The van der Waals surface area contributed by atoms with Crippen molar-refractivity contribution < 1.29 is 26.7 Å². The molecule has 8 nitrogen and oxygen atoms in total. The maximum atomic E-state index is 14.5. The van der Waals surface area contributed by atoms with E-state index < -0.39 is 43.9 Å². The minimum atomic E-state index is -4.27. The van der Waals surface area contributed by atoms with Crippen molar-refractivity contribution in [2.45, 2.75) is 42.8 Å². The van der Waals surface area contributed by atoms with Crippen molar-refractivity contribution in [3.63, 3.8) is 0 Å². The molecule has 1 aromatic carbocycles. The SMILES string of the molecule is CN(Cc1cc(S(=O)(=O)c2ccc(Cl)nc2)n(-c2cc(F)ccc2F)n1)C(=O)OC(C)(C)C. The van der Waals surface area contributed by atoms with E-state index in [0.717, 1.165) is 29.1 Å². The van der Waals surface area contributed by atoms with E-state index in [4.69, 9.17) is 16.3 Å². The van der Waals surface area contributed by atoms with Gasteiger partial charge in [-0.25, -0.2) is 31.7 Å². The summed E-state index contributed by atoms with van der Waals surface area (Å²) in [4.78, 5) is 17.0. The van der Waals surface area contributed by atoms with Crippen molar-refractivity contribution in [2.75, 3.05) is 7.05 Å². The van der Waals surface area contributed by atoms with Gasteiger partial charge in [-0.3, -0.25) is 0 Å². The minimum absolute atomic E-state index is 0.0818. The van der Waals surface area contributed by atoms with Crippen LogP contribution in [0.3, 0.4) is 0 Å². The number of carbonyl (C=O) groups excluding carboxylic acids is 1. The van der Waals surface area contributed by atoms with Gasteiger partial charge < -0.3 is 9.64 Å². The Morgan fingerprint density at radius 1 is 1.18 bits per heavy atom. The summed E-state index contributed by atoms with van der Waals surface area (Å²) in [6.45, 7) is 4.95. The third-order valence-electron chi connectivity index (χ3n) is 4.25. The molecular weight excluding hydrogens is 478 g/mol. The maximum Gasteiger partial charge on any atom is 0.410 e. The zero-order valence-corrected chi connectivity index (χ0v) is 19.8. The summed E-state index contributed by atoms with van der Waals surface area (Å²) in [5.74, 6) is -1.68. The maximum absolute atomic E-state index is 14.5. The van der Waals surface area contributed by atoms with Crippen LogP contribution in [0.4, 0.5) is 13.6 Å². The van der Waals surface area contributed by atoms with Gasteiger partial charge >= 0.3 is 6.09 Å². The Morgan fingerprint density at radius 2 is 1.88 bits per heavy atom. The van der Waals surface area contributed by atoms with Gasteiger partial charge in [-0.1, -0.05) is 11.6 Å². The largest absolute Gasteiger partial charge is 0.444 e. The molecule has 0 unspecified atom stereocenters. The van der Waals surface area contributed by atoms with Gasteiger partial charge in [0.2, 0.25) is 9.84 Å². The van der Waals surface area contributed by atoms with Crippen molar-refractivity contribution in [3.8, 4) is 5.69 Å². The lowest BCUT2D eigenvalue weighted by atomic mass is 10.2. The zero-order valence-electron chi connectivity index (χ0n) is 18.2. The first-order valence-electron chi connectivity index (χ1n) is 9.63. The number of hydrogen-bond donors (Lipinski definition) is 0. The second kappa shape index (κ2) is 9.06. The molecule has 0 bridgehead atoms. The highest BCUT2D eigenvalue weighted by Gasteiger charge is 2.28. The van der Waals surface area contributed by atoms with Crippen molar-refractivity contribution >= 4 is 27.5 Å². The van der Waals surface area contributed by atoms with Gasteiger partial charge in [0.1, 0.15) is 28.1 Å². The Bertz CT molecular complexity index is 1290. The normalized spacial score (nSPS) is 12.0. The first kappa shape index (κ1) is 24.6. The van der Waals surface area contributed by atoms with Crippen molar-refractivity contribution in [1.29, 1.82) is 0 Å². The molecule has 2 heterocycles. The van der Waals surface area contributed by atoms with Crippen LogP contribution in [-0.4, -0.2) is 46.8 Å². The molecule has 0 aliphatic rings. The number of halogens is 3. The van der Waals surface area contributed by atoms with E-state index in [-0.39, 0.29) is 22.3 Å². The number of sulfone groups is 1. The second-order valence-electron chi connectivity index (χ2n) is 8.14. The molecule has 0 aliphatic carbocycles. The van der Waals surface area contributed by atoms with E-state index in [0.29, 0.717) is 0 Å². The van der Waals surface area contributed by atoms with E-state index in [1.165, 1.54) is 30.1 Å². The van der Waals surface area contributed by atoms with E-state index >= 15 is 0 Å². The fourth-order valence-corrected chi connectivity index (χ4v) is 4.24. The Labute approximate surface area is 194 Å². The van der Waals surface area contributed by atoms with Crippen LogP contribution in [0.1, 0.15) is 26.5 Å². The van der Waals surface area contributed by atoms with E-state index in [1.807, 2.05) is 0 Å². The van der Waals surface area contributed by atoms with Gasteiger partial charge in [-0.05, 0) is 45.0 Å². The molecule has 0 atom stereocenters. The van der Waals surface area contributed by atoms with Gasteiger partial charge in [0.05, 0.1) is 17.1 Å². The molecule has 3 rings (SSSR count). The fourth-order valence-electron chi connectivity index (χ4n) is 2.79. The van der Waals surface area contributed by atoms with Crippen LogP contribution in [0, 0.1) is 11.6 Å². The lowest BCUT2D eigenvalue weighted by Crippen LogP contribution is -2.33. The zero-order chi connectivity index (χ0) is 24.6. The average Bonchev–Trinajstić information content (AvgIpc) is 3.13. The van der Waals surface area contributed by atoms with Crippen LogP contribution in [0.5, 0.6) is 0 Å². The first-order chi connectivity index (χ1) is 15.3. The molecule has 0 fully saturated rings. The van der Waals surface area contributed by atoms with Crippen molar-refractivity contribution in [1.82, 2.24) is 19.7 Å². The lowest BCUT2D eigenvalue weighted by molar-refractivity contribution is 0.0283. The van der Waals surface area contributed by atoms with Gasteiger partial charge in [0.15, 0.2) is 5.03 Å². The second-order valence-corrected chi connectivity index (χ2v) is 10.4. The van der Waals surface area contributed by atoms with Crippen LogP contribution in [0.25, 0.3) is 5.69 Å². The summed E-state index contributed by atoms with van der Waals surface area (Å²) in [6.07, 6.45) is 0.379. The third kappa shape index (κ3) is 5.66. The predicted octanol–water partition coefficient (Wildman–Crippen LogP) is 4.40. The number of nitrogens with zero attached hydrogens (tertiary/aromatic N) is 4. The molecule has 0 saturated carbocycles. The summed E-state index contributed by atoms with van der Waals surface area (Å²) < 4.78 is 61.0. The van der Waals surface area contributed by atoms with E-state index in [1.54, 1.807) is 20.8 Å². The molecule has 12 heteroatoms. The Morgan fingerprint density at radius 3 is 2.48 bits per heavy atom. The molecule has 1 amide bonds. The molecule has 0 radical (unpaired) electrons. The summed E-state index contributed by atoms with van der Waals surface area (Å²) in [6, 6.07) is 6.28. The highest BCUT2D eigenvalue weighted by atomic mass is 35.5. The van der Waals surface area contributed by atoms with E-state index in [9.17, 15) is 22.0 Å². The molecule has 0 saturated heterocycles. The number of hydrogen-bond acceptors (Lipinski definition) is 6. The molecule has 176 valence electrons. The molecule has 2 aromatic heterocycles. The fraction of sp³-hybridized carbons (Fsp3) is 0.286. The molecule has 0 N–H and O–H groups in total. The average molecular weight is 499 g/mol. The number of benzene rings is 1. The van der Waals surface area contributed by atoms with E-state index in [2.05, 4.69) is 10.1 Å². The molecule has 33 heavy (non-hydrogen) atoms. The van der Waals surface area contributed by atoms with Gasteiger partial charge in [-0.15, -0.1) is 0 Å². The van der Waals surface area contributed by atoms with Crippen LogP contribution >= 0.6 is 11.6 Å². The number of amides is 1. The molecule has 3 aromatic rings. The number of rotatable bonds is 5. The number of ether oxygens (including phenoxy) is 1. The van der Waals surface area contributed by atoms with Gasteiger partial charge in [-0.2, -0.15) is 5.10 Å². The summed E-state index contributed by atoms with van der Waals surface area (Å²) in [5.41, 5.74) is -1.06. The van der Waals surface area contributed by atoms with Crippen LogP contribution in [0.2, 0.25) is 5.15 Å². The molecule has 0 aliphatic heterocycles. The van der Waals surface area contributed by atoms with Crippen LogP contribution in [0.15, 0.2) is 52.5 Å². The summed E-state index contributed by atoms with van der Waals surface area (Å²) in [7, 11) is -2.84. The predicted molar refractivity (Wildman–Crippen MR) is 116 cm³/mol. The van der Waals surface area contributed by atoms with Crippen LogP contribution < -0.4 is 0 Å². The highest BCUT2D eigenvalue weighted by molar-refractivity contribution is 7.91. The molecule has 0 spiro atoms. The third-order valence-corrected chi connectivity index (χ3v) is 6.18. The van der Waals surface area contributed by atoms with Crippen LogP contribution in [-0.2, 0) is 21.1 Å². The van der Waals surface area contributed by atoms with Crippen molar-refractivity contribution in [3.05, 3.63) is 65.1 Å². The smallest absolute Gasteiger partial charge is 0.410 e. The molecular formula is C21H21ClF2N4O4S. The standard InChI is InChI=1S/C21H21ClF2N4O4S/c1-21(2,3)32-20(29)27(4)12-14-10-19(33(30,31)15-6-8-18(22)25-11-15)28(26-14)17-9-13(23)5-7-16(17)24/h5-11H,12H2,1-4H3. The number of aromatic nitrogens is 3. The first-order valence-corrected chi connectivity index (χ1v) is 11.5. The summed E-state index contributed by atoms with van der Waals surface area (Å²) in [5, 5.41) is 3.79. The van der Waals surface area contributed by atoms with Gasteiger partial charge in [0, 0.05) is 25.4 Å². The highest BCUT2D eigenvalue weighted by Crippen LogP contribution is 2.27.